The number of ether oxygens (including phenoxy) is 1. The van der Waals surface area contributed by atoms with Crippen molar-refractivity contribution in [1.29, 1.82) is 0 Å². The first kappa shape index (κ1) is 18.2. The van der Waals surface area contributed by atoms with Gasteiger partial charge in [-0.25, -0.2) is 0 Å². The smallest absolute Gasteiger partial charge is 0.267 e. The quantitative estimate of drug-likeness (QED) is 0.698. The highest BCUT2D eigenvalue weighted by Crippen LogP contribution is 2.35. The van der Waals surface area contributed by atoms with Gasteiger partial charge in [-0.2, -0.15) is 0 Å². The summed E-state index contributed by atoms with van der Waals surface area (Å²) in [5.41, 5.74) is 1.39. The molecule has 134 valence electrons. The minimum absolute atomic E-state index is 0.141. The van der Waals surface area contributed by atoms with Crippen molar-refractivity contribution in [3.63, 3.8) is 0 Å². The average Bonchev–Trinajstić information content (AvgIpc) is 2.88. The number of imide groups is 1. The van der Waals surface area contributed by atoms with Gasteiger partial charge in [-0.1, -0.05) is 37.3 Å². The number of amides is 2. The predicted octanol–water partition coefficient (Wildman–Crippen LogP) is 2.24. The molecule has 6 heteroatoms. The van der Waals surface area contributed by atoms with Gasteiger partial charge in [0.1, 0.15) is 0 Å². The summed E-state index contributed by atoms with van der Waals surface area (Å²) in [6, 6.07) is 9.50. The number of hydrogen-bond donors (Lipinski definition) is 0. The number of hydrogen-bond acceptors (Lipinski definition) is 5. The molecule has 1 aromatic rings. The fourth-order valence-corrected chi connectivity index (χ4v) is 4.04. The third kappa shape index (κ3) is 4.14. The van der Waals surface area contributed by atoms with E-state index in [1.165, 1.54) is 16.7 Å². The fourth-order valence-electron chi connectivity index (χ4n) is 3.17. The minimum atomic E-state index is -0.158. The van der Waals surface area contributed by atoms with Gasteiger partial charge in [0.2, 0.25) is 0 Å². The van der Waals surface area contributed by atoms with Crippen LogP contribution in [-0.2, 0) is 14.3 Å². The van der Waals surface area contributed by atoms with E-state index in [1.807, 2.05) is 37.3 Å². The number of rotatable bonds is 7. The van der Waals surface area contributed by atoms with Crippen molar-refractivity contribution in [3.05, 3.63) is 40.8 Å². The van der Waals surface area contributed by atoms with Gasteiger partial charge in [-0.3, -0.25) is 19.4 Å². The molecule has 5 nitrogen and oxygen atoms in total. The van der Waals surface area contributed by atoms with Crippen molar-refractivity contribution in [2.45, 2.75) is 13.3 Å². The molecule has 0 unspecified atom stereocenters. The normalized spacial score (nSPS) is 19.2. The van der Waals surface area contributed by atoms with E-state index >= 15 is 0 Å². The molecule has 1 saturated heterocycles. The average molecular weight is 360 g/mol. The molecule has 0 saturated carbocycles. The zero-order valence-corrected chi connectivity index (χ0v) is 15.4. The minimum Gasteiger partial charge on any atom is -0.379 e. The van der Waals surface area contributed by atoms with Crippen LogP contribution in [0.4, 0.5) is 0 Å². The molecule has 0 aliphatic carbocycles. The summed E-state index contributed by atoms with van der Waals surface area (Å²) < 4.78 is 5.35. The Morgan fingerprint density at radius 1 is 1.04 bits per heavy atom. The molecule has 2 aliphatic heterocycles. The Balaban J connectivity index is 1.68. The first-order valence-electron chi connectivity index (χ1n) is 8.81. The van der Waals surface area contributed by atoms with Crippen LogP contribution in [0.25, 0.3) is 5.57 Å². The van der Waals surface area contributed by atoms with E-state index in [1.54, 1.807) is 0 Å². The van der Waals surface area contributed by atoms with E-state index in [0.717, 1.165) is 50.6 Å². The summed E-state index contributed by atoms with van der Waals surface area (Å²) in [7, 11) is 0. The second kappa shape index (κ2) is 8.65. The number of thioether (sulfide) groups is 1. The number of nitrogens with zero attached hydrogens (tertiary/aromatic N) is 2. The summed E-state index contributed by atoms with van der Waals surface area (Å²) >= 11 is 1.46. The molecule has 2 heterocycles. The van der Waals surface area contributed by atoms with Crippen LogP contribution >= 0.6 is 11.8 Å². The zero-order chi connectivity index (χ0) is 17.6. The van der Waals surface area contributed by atoms with E-state index in [2.05, 4.69) is 4.90 Å². The molecule has 2 amide bonds. The van der Waals surface area contributed by atoms with Gasteiger partial charge in [0.05, 0.1) is 23.7 Å². The molecule has 3 rings (SSSR count). The number of benzene rings is 1. The van der Waals surface area contributed by atoms with E-state index in [9.17, 15) is 9.59 Å². The standard InChI is InChI=1S/C19H24N2O3S/c1-2-25-17-16(15-7-4-3-5-8-15)18(22)21(19(17)23)10-6-9-20-11-13-24-14-12-20/h3-5,7-8H,2,6,9-14H2,1H3. The molecule has 0 radical (unpaired) electrons. The van der Waals surface area contributed by atoms with Crippen LogP contribution in [0.5, 0.6) is 0 Å². The lowest BCUT2D eigenvalue weighted by atomic mass is 10.1. The van der Waals surface area contributed by atoms with Crippen molar-refractivity contribution in [1.82, 2.24) is 9.80 Å². The SMILES string of the molecule is CCSC1=C(c2ccccc2)C(=O)N(CCCN2CCOCC2)C1=O. The van der Waals surface area contributed by atoms with Crippen LogP contribution < -0.4 is 0 Å². The van der Waals surface area contributed by atoms with E-state index in [0.29, 0.717) is 17.0 Å². The summed E-state index contributed by atoms with van der Waals surface area (Å²) in [4.78, 5) is 30.0. The molecular formula is C19H24N2O3S. The maximum Gasteiger partial charge on any atom is 0.267 e. The second-order valence-electron chi connectivity index (χ2n) is 6.07. The maximum absolute atomic E-state index is 12.9. The van der Waals surface area contributed by atoms with Crippen LogP contribution in [0.2, 0.25) is 0 Å². The van der Waals surface area contributed by atoms with Crippen molar-refractivity contribution in [2.75, 3.05) is 45.1 Å². The van der Waals surface area contributed by atoms with E-state index < -0.39 is 0 Å². The van der Waals surface area contributed by atoms with Gasteiger partial charge in [0, 0.05) is 26.2 Å². The third-order valence-electron chi connectivity index (χ3n) is 4.44. The zero-order valence-electron chi connectivity index (χ0n) is 14.6. The Hall–Kier alpha value is -1.63. The van der Waals surface area contributed by atoms with Crippen molar-refractivity contribution in [3.8, 4) is 0 Å². The molecule has 0 bridgehead atoms. The first-order chi connectivity index (χ1) is 12.2. The molecule has 0 atom stereocenters. The maximum atomic E-state index is 12.9. The molecule has 0 spiro atoms. The highest BCUT2D eigenvalue weighted by atomic mass is 32.2. The topological polar surface area (TPSA) is 49.9 Å². The van der Waals surface area contributed by atoms with Gasteiger partial charge in [-0.05, 0) is 17.7 Å². The number of carbonyl (C=O) groups excluding carboxylic acids is 2. The second-order valence-corrected chi connectivity index (χ2v) is 7.35. The highest BCUT2D eigenvalue weighted by molar-refractivity contribution is 8.04. The lowest BCUT2D eigenvalue weighted by molar-refractivity contribution is -0.136. The van der Waals surface area contributed by atoms with Gasteiger partial charge in [0.25, 0.3) is 11.8 Å². The number of carbonyl (C=O) groups is 2. The fraction of sp³-hybridized carbons (Fsp3) is 0.474. The Bertz CT molecular complexity index is 654. The predicted molar refractivity (Wildman–Crippen MR) is 100 cm³/mol. The number of morpholine rings is 1. The Morgan fingerprint density at radius 2 is 1.76 bits per heavy atom. The molecule has 25 heavy (non-hydrogen) atoms. The monoisotopic (exact) mass is 360 g/mol. The Morgan fingerprint density at radius 3 is 2.44 bits per heavy atom. The summed E-state index contributed by atoms with van der Waals surface area (Å²) in [5.74, 6) is 0.471. The summed E-state index contributed by atoms with van der Waals surface area (Å²) in [6.45, 7) is 6.73. The van der Waals surface area contributed by atoms with Crippen molar-refractivity contribution >= 4 is 29.1 Å². The van der Waals surface area contributed by atoms with Gasteiger partial charge in [-0.15, -0.1) is 11.8 Å². The van der Waals surface area contributed by atoms with E-state index in [4.69, 9.17) is 4.74 Å². The van der Waals surface area contributed by atoms with Crippen molar-refractivity contribution in [2.24, 2.45) is 0 Å². The summed E-state index contributed by atoms with van der Waals surface area (Å²) in [6.07, 6.45) is 0.795. The Labute approximate surface area is 153 Å². The van der Waals surface area contributed by atoms with Crippen LogP contribution in [0.3, 0.4) is 0 Å². The van der Waals surface area contributed by atoms with Crippen LogP contribution in [0.15, 0.2) is 35.2 Å². The van der Waals surface area contributed by atoms with Crippen LogP contribution in [-0.4, -0.2) is 66.8 Å². The molecule has 0 aromatic heterocycles. The van der Waals surface area contributed by atoms with Crippen LogP contribution in [0.1, 0.15) is 18.9 Å². The largest absolute Gasteiger partial charge is 0.379 e. The lowest BCUT2D eigenvalue weighted by Crippen LogP contribution is -2.39. The molecule has 2 aliphatic rings. The lowest BCUT2D eigenvalue weighted by Gasteiger charge is -2.27. The first-order valence-corrected chi connectivity index (χ1v) is 9.79. The third-order valence-corrected chi connectivity index (χ3v) is 5.39. The molecule has 1 fully saturated rings. The molecular weight excluding hydrogens is 336 g/mol. The Kier molecular flexibility index (Phi) is 6.29. The van der Waals surface area contributed by atoms with Crippen molar-refractivity contribution < 1.29 is 14.3 Å². The molecule has 0 N–H and O–H groups in total. The highest BCUT2D eigenvalue weighted by Gasteiger charge is 2.38. The van der Waals surface area contributed by atoms with Gasteiger partial charge < -0.3 is 4.74 Å². The summed E-state index contributed by atoms with van der Waals surface area (Å²) in [5, 5.41) is 0. The van der Waals surface area contributed by atoms with Gasteiger partial charge in [0.15, 0.2) is 0 Å². The van der Waals surface area contributed by atoms with E-state index in [-0.39, 0.29) is 11.8 Å². The molecule has 1 aromatic carbocycles. The van der Waals surface area contributed by atoms with Crippen LogP contribution in [0, 0.1) is 0 Å². The van der Waals surface area contributed by atoms with Gasteiger partial charge >= 0.3 is 0 Å².